The van der Waals surface area contributed by atoms with Gasteiger partial charge in [0.15, 0.2) is 0 Å². The molecule has 1 heteroatoms. The molecule has 0 aromatic carbocycles. The molecule has 0 heterocycles. The molecule has 10 heavy (non-hydrogen) atoms. The Hall–Kier alpha value is -0.300. The van der Waals surface area contributed by atoms with Crippen LogP contribution in [0.5, 0.6) is 0 Å². The van der Waals surface area contributed by atoms with E-state index < -0.39 is 0 Å². The van der Waals surface area contributed by atoms with E-state index in [1.54, 1.807) is 0 Å². The van der Waals surface area contributed by atoms with Gasteiger partial charge in [0.2, 0.25) is 0 Å². The summed E-state index contributed by atoms with van der Waals surface area (Å²) >= 11 is 0. The third-order valence-corrected chi connectivity index (χ3v) is 1.54. The second-order valence-corrected chi connectivity index (χ2v) is 2.74. The van der Waals surface area contributed by atoms with Crippen LogP contribution in [0.15, 0.2) is 12.2 Å². The summed E-state index contributed by atoms with van der Waals surface area (Å²) in [6.07, 6.45) is 7.69. The van der Waals surface area contributed by atoms with Crippen LogP contribution in [-0.2, 0) is 0 Å². The molecule has 0 saturated carbocycles. The van der Waals surface area contributed by atoms with Gasteiger partial charge in [-0.1, -0.05) is 26.0 Å². The molecular weight excluding hydrogens is 124 g/mol. The zero-order valence-corrected chi connectivity index (χ0v) is 7.01. The molecule has 0 aliphatic heterocycles. The smallest absolute Gasteiger partial charge is 0.0456 e. The SMILES string of the molecule is CCC=CCCC(C)CO. The van der Waals surface area contributed by atoms with Gasteiger partial charge in [-0.2, -0.15) is 0 Å². The number of aliphatic hydroxyl groups excluding tert-OH is 1. The van der Waals surface area contributed by atoms with E-state index in [-0.39, 0.29) is 0 Å². The van der Waals surface area contributed by atoms with Gasteiger partial charge in [-0.25, -0.2) is 0 Å². The van der Waals surface area contributed by atoms with Crippen molar-refractivity contribution in [2.75, 3.05) is 6.61 Å². The maximum absolute atomic E-state index is 8.67. The normalized spacial score (nSPS) is 14.3. The zero-order valence-electron chi connectivity index (χ0n) is 7.01. The van der Waals surface area contributed by atoms with Crippen molar-refractivity contribution in [3.63, 3.8) is 0 Å². The molecule has 0 radical (unpaired) electrons. The minimum Gasteiger partial charge on any atom is -0.396 e. The van der Waals surface area contributed by atoms with Gasteiger partial charge < -0.3 is 5.11 Å². The van der Waals surface area contributed by atoms with E-state index in [1.807, 2.05) is 0 Å². The summed E-state index contributed by atoms with van der Waals surface area (Å²) < 4.78 is 0. The van der Waals surface area contributed by atoms with Crippen LogP contribution in [0.2, 0.25) is 0 Å². The number of hydrogen-bond donors (Lipinski definition) is 1. The van der Waals surface area contributed by atoms with Crippen molar-refractivity contribution in [1.82, 2.24) is 0 Å². The van der Waals surface area contributed by atoms with E-state index in [9.17, 15) is 0 Å². The fraction of sp³-hybridized carbons (Fsp3) is 0.778. The topological polar surface area (TPSA) is 20.2 Å². The van der Waals surface area contributed by atoms with Crippen molar-refractivity contribution < 1.29 is 5.11 Å². The van der Waals surface area contributed by atoms with Crippen LogP contribution < -0.4 is 0 Å². The quantitative estimate of drug-likeness (QED) is 0.584. The molecule has 0 saturated heterocycles. The van der Waals surface area contributed by atoms with Crippen LogP contribution in [0.25, 0.3) is 0 Å². The molecular formula is C9H18O. The predicted octanol–water partition coefficient (Wildman–Crippen LogP) is 2.36. The molecule has 60 valence electrons. The average Bonchev–Trinajstić information content (AvgIpc) is 1.98. The molecule has 0 aliphatic rings. The Kier molecular flexibility index (Phi) is 6.61. The lowest BCUT2D eigenvalue weighted by Crippen LogP contribution is -1.98. The fourth-order valence-corrected chi connectivity index (χ4v) is 0.757. The van der Waals surface area contributed by atoms with Gasteiger partial charge in [0.1, 0.15) is 0 Å². The molecule has 1 atom stereocenters. The minimum atomic E-state index is 0.319. The molecule has 0 bridgehead atoms. The first-order chi connectivity index (χ1) is 4.81. The van der Waals surface area contributed by atoms with Crippen molar-refractivity contribution in [2.24, 2.45) is 5.92 Å². The summed E-state index contributed by atoms with van der Waals surface area (Å²) in [4.78, 5) is 0. The second-order valence-electron chi connectivity index (χ2n) is 2.74. The first-order valence-electron chi connectivity index (χ1n) is 4.07. The lowest BCUT2D eigenvalue weighted by atomic mass is 10.1. The van der Waals surface area contributed by atoms with Gasteiger partial charge in [0.05, 0.1) is 0 Å². The summed E-state index contributed by atoms with van der Waals surface area (Å²) in [6.45, 7) is 4.52. The third-order valence-electron chi connectivity index (χ3n) is 1.54. The molecule has 0 spiro atoms. The Morgan fingerprint density at radius 2 is 2.10 bits per heavy atom. The van der Waals surface area contributed by atoms with Crippen molar-refractivity contribution in [1.29, 1.82) is 0 Å². The van der Waals surface area contributed by atoms with Crippen molar-refractivity contribution in [3.8, 4) is 0 Å². The monoisotopic (exact) mass is 142 g/mol. The number of allylic oxidation sites excluding steroid dienone is 2. The maximum Gasteiger partial charge on any atom is 0.0456 e. The van der Waals surface area contributed by atoms with Crippen LogP contribution >= 0.6 is 0 Å². The van der Waals surface area contributed by atoms with Gasteiger partial charge in [-0.05, 0) is 25.2 Å². The molecule has 0 aromatic heterocycles. The first-order valence-corrected chi connectivity index (χ1v) is 4.07. The van der Waals surface area contributed by atoms with Gasteiger partial charge in [0.25, 0.3) is 0 Å². The second kappa shape index (κ2) is 6.81. The largest absolute Gasteiger partial charge is 0.396 e. The van der Waals surface area contributed by atoms with E-state index in [4.69, 9.17) is 5.11 Å². The highest BCUT2D eigenvalue weighted by molar-refractivity contribution is 4.80. The number of aliphatic hydroxyl groups is 1. The molecule has 0 rings (SSSR count). The Morgan fingerprint density at radius 3 is 2.60 bits per heavy atom. The summed E-state index contributed by atoms with van der Waals surface area (Å²) in [5.41, 5.74) is 0. The zero-order chi connectivity index (χ0) is 7.82. The molecule has 0 aliphatic carbocycles. The first kappa shape index (κ1) is 9.70. The Labute approximate surface area is 63.8 Å². The van der Waals surface area contributed by atoms with Crippen molar-refractivity contribution in [2.45, 2.75) is 33.1 Å². The van der Waals surface area contributed by atoms with E-state index >= 15 is 0 Å². The van der Waals surface area contributed by atoms with Gasteiger partial charge in [0, 0.05) is 6.61 Å². The van der Waals surface area contributed by atoms with Crippen LogP contribution in [0.4, 0.5) is 0 Å². The molecule has 1 N–H and O–H groups in total. The van der Waals surface area contributed by atoms with Crippen LogP contribution in [0.1, 0.15) is 33.1 Å². The lowest BCUT2D eigenvalue weighted by molar-refractivity contribution is 0.231. The minimum absolute atomic E-state index is 0.319. The summed E-state index contributed by atoms with van der Waals surface area (Å²) in [5, 5.41) is 8.67. The number of hydrogen-bond acceptors (Lipinski definition) is 1. The Balaban J connectivity index is 3.10. The lowest BCUT2D eigenvalue weighted by Gasteiger charge is -2.02. The van der Waals surface area contributed by atoms with E-state index in [1.165, 1.54) is 0 Å². The maximum atomic E-state index is 8.67. The van der Waals surface area contributed by atoms with Crippen LogP contribution in [0, 0.1) is 5.92 Å². The fourth-order valence-electron chi connectivity index (χ4n) is 0.757. The third kappa shape index (κ3) is 5.83. The van der Waals surface area contributed by atoms with Gasteiger partial charge in [-0.15, -0.1) is 0 Å². The highest BCUT2D eigenvalue weighted by atomic mass is 16.3. The van der Waals surface area contributed by atoms with Crippen molar-refractivity contribution in [3.05, 3.63) is 12.2 Å². The van der Waals surface area contributed by atoms with E-state index in [0.29, 0.717) is 12.5 Å². The average molecular weight is 142 g/mol. The Morgan fingerprint density at radius 1 is 1.40 bits per heavy atom. The molecule has 1 unspecified atom stereocenters. The molecule has 0 fully saturated rings. The van der Waals surface area contributed by atoms with E-state index in [0.717, 1.165) is 19.3 Å². The van der Waals surface area contributed by atoms with E-state index in [2.05, 4.69) is 26.0 Å². The Bertz CT molecular complexity index is 86.7. The van der Waals surface area contributed by atoms with Gasteiger partial charge in [-0.3, -0.25) is 0 Å². The summed E-state index contributed by atoms with van der Waals surface area (Å²) in [5.74, 6) is 0.460. The standard InChI is InChI=1S/C9H18O/c1-3-4-5-6-7-9(2)8-10/h4-5,9-10H,3,6-8H2,1-2H3. The molecule has 0 amide bonds. The molecule has 1 nitrogen and oxygen atoms in total. The number of rotatable bonds is 5. The highest BCUT2D eigenvalue weighted by Crippen LogP contribution is 2.04. The van der Waals surface area contributed by atoms with Gasteiger partial charge >= 0.3 is 0 Å². The summed E-state index contributed by atoms with van der Waals surface area (Å²) in [7, 11) is 0. The summed E-state index contributed by atoms with van der Waals surface area (Å²) in [6, 6.07) is 0. The van der Waals surface area contributed by atoms with Crippen molar-refractivity contribution >= 4 is 0 Å². The predicted molar refractivity (Wildman–Crippen MR) is 44.9 cm³/mol. The highest BCUT2D eigenvalue weighted by Gasteiger charge is 1.95. The molecule has 0 aromatic rings. The van der Waals surface area contributed by atoms with Crippen LogP contribution in [-0.4, -0.2) is 11.7 Å². The van der Waals surface area contributed by atoms with Crippen LogP contribution in [0.3, 0.4) is 0 Å².